The Labute approximate surface area is 233 Å². The van der Waals surface area contributed by atoms with Gasteiger partial charge in [0.15, 0.2) is 5.82 Å². The van der Waals surface area contributed by atoms with E-state index in [1.807, 2.05) is 13.1 Å². The number of carbonyl (C=O) groups excluding carboxylic acids is 1. The van der Waals surface area contributed by atoms with Crippen molar-refractivity contribution in [1.82, 2.24) is 24.9 Å². The van der Waals surface area contributed by atoms with Gasteiger partial charge in [0.1, 0.15) is 17.1 Å². The van der Waals surface area contributed by atoms with E-state index in [1.165, 1.54) is 44.4 Å². The van der Waals surface area contributed by atoms with E-state index in [2.05, 4.69) is 43.0 Å². The molecule has 0 aromatic carbocycles. The summed E-state index contributed by atoms with van der Waals surface area (Å²) in [6.45, 7) is 2.43. The van der Waals surface area contributed by atoms with Gasteiger partial charge in [0.2, 0.25) is 0 Å². The van der Waals surface area contributed by atoms with Crippen molar-refractivity contribution < 1.29 is 15.3 Å². The summed E-state index contributed by atoms with van der Waals surface area (Å²) in [6, 6.07) is 1.43. The fourth-order valence-electron chi connectivity index (χ4n) is 5.70. The van der Waals surface area contributed by atoms with Crippen LogP contribution in [0.25, 0.3) is 33.5 Å². The Balaban J connectivity index is 0.000000210. The average molecular weight is 550 g/mol. The molecule has 3 aliphatic carbocycles. The predicted octanol–water partition coefficient (Wildman–Crippen LogP) is 6.76. The van der Waals surface area contributed by atoms with Crippen LogP contribution in [0.15, 0.2) is 30.9 Å². The largest absolute Gasteiger partial charge is 0.466 e. The van der Waals surface area contributed by atoms with E-state index in [0.717, 1.165) is 35.5 Å². The molecule has 2 N–H and O–H groups in total. The molecule has 3 saturated carbocycles. The number of rotatable bonds is 5. The summed E-state index contributed by atoms with van der Waals surface area (Å²) in [7, 11) is 0. The number of esters is 1. The number of hydrogen-bond donors (Lipinski definition) is 2. The number of halogens is 1. The van der Waals surface area contributed by atoms with Crippen LogP contribution >= 0.6 is 11.8 Å². The first-order valence-electron chi connectivity index (χ1n) is 13.7. The SMILES string of the molecule is CCOC(=O)[C@@H]1CCC2CCC1CC2.CSCCC#Cc1c[nH]c2nc(-c3c[nH]c4ncc(F)cc34)ncc12.[HH]. The van der Waals surface area contributed by atoms with Gasteiger partial charge in [-0.15, -0.1) is 0 Å². The maximum Gasteiger partial charge on any atom is 0.309 e. The zero-order chi connectivity index (χ0) is 27.2. The summed E-state index contributed by atoms with van der Waals surface area (Å²) < 4.78 is 18.6. The smallest absolute Gasteiger partial charge is 0.309 e. The third-order valence-corrected chi connectivity index (χ3v) is 8.37. The normalized spacial score (nSPS) is 20.1. The molecule has 7 rings (SSSR count). The Morgan fingerprint density at radius 2 is 1.90 bits per heavy atom. The molecule has 0 amide bonds. The van der Waals surface area contributed by atoms with Gasteiger partial charge in [-0.05, 0) is 56.8 Å². The van der Waals surface area contributed by atoms with E-state index in [-0.39, 0.29) is 13.3 Å². The molecule has 7 nitrogen and oxygen atoms in total. The number of nitrogens with zero attached hydrogens (tertiary/aromatic N) is 3. The van der Waals surface area contributed by atoms with Gasteiger partial charge >= 0.3 is 5.97 Å². The zero-order valence-electron chi connectivity index (χ0n) is 22.4. The lowest BCUT2D eigenvalue weighted by Crippen LogP contribution is -2.25. The van der Waals surface area contributed by atoms with Gasteiger partial charge in [0.05, 0.1) is 29.7 Å². The fourth-order valence-corrected chi connectivity index (χ4v) is 6.01. The Hall–Kier alpha value is -3.38. The number of pyridine rings is 1. The molecule has 1 atom stereocenters. The van der Waals surface area contributed by atoms with E-state index >= 15 is 0 Å². The van der Waals surface area contributed by atoms with Crippen LogP contribution in [0, 0.1) is 35.4 Å². The van der Waals surface area contributed by atoms with Crippen LogP contribution in [0.5, 0.6) is 0 Å². The van der Waals surface area contributed by atoms with Crippen molar-refractivity contribution >= 4 is 39.8 Å². The average Bonchev–Trinajstić information content (AvgIpc) is 3.42. The number of thioether (sulfide) groups is 1. The molecular weight excluding hydrogens is 513 g/mol. The molecule has 0 saturated heterocycles. The van der Waals surface area contributed by atoms with E-state index in [1.54, 1.807) is 24.2 Å². The highest BCUT2D eigenvalue weighted by Crippen LogP contribution is 2.42. The summed E-state index contributed by atoms with van der Waals surface area (Å²) >= 11 is 1.77. The minimum Gasteiger partial charge on any atom is -0.466 e. The monoisotopic (exact) mass is 549 g/mol. The van der Waals surface area contributed by atoms with Gasteiger partial charge in [-0.1, -0.05) is 24.7 Å². The van der Waals surface area contributed by atoms with Crippen LogP contribution in [0.4, 0.5) is 4.39 Å². The Morgan fingerprint density at radius 1 is 1.10 bits per heavy atom. The summed E-state index contributed by atoms with van der Waals surface area (Å²) in [5, 5.41) is 1.53. The fraction of sp³-hybridized carbons (Fsp3) is 0.467. The number of nitrogens with one attached hydrogen (secondary N) is 2. The first kappa shape index (κ1) is 27.2. The van der Waals surface area contributed by atoms with Gasteiger partial charge < -0.3 is 14.7 Å². The van der Waals surface area contributed by atoms with E-state index in [0.29, 0.717) is 40.6 Å². The van der Waals surface area contributed by atoms with Crippen molar-refractivity contribution in [2.24, 2.45) is 17.8 Å². The molecule has 0 aliphatic heterocycles. The third-order valence-electron chi connectivity index (χ3n) is 7.76. The van der Waals surface area contributed by atoms with Gasteiger partial charge in [0.25, 0.3) is 0 Å². The highest BCUT2D eigenvalue weighted by molar-refractivity contribution is 7.98. The van der Waals surface area contributed by atoms with Crippen LogP contribution in [0.3, 0.4) is 0 Å². The number of aromatic amines is 2. The van der Waals surface area contributed by atoms with E-state index in [4.69, 9.17) is 4.74 Å². The molecule has 4 aromatic rings. The summed E-state index contributed by atoms with van der Waals surface area (Å²) in [6.07, 6.45) is 17.0. The maximum atomic E-state index is 13.5. The van der Waals surface area contributed by atoms with Gasteiger partial charge in [-0.25, -0.2) is 19.3 Å². The lowest BCUT2D eigenvalue weighted by Gasteiger charge is -2.26. The van der Waals surface area contributed by atoms with Crippen LogP contribution in [0.2, 0.25) is 0 Å². The Kier molecular flexibility index (Phi) is 8.82. The second-order valence-corrected chi connectivity index (χ2v) is 11.2. The molecule has 2 bridgehead atoms. The number of aromatic nitrogens is 5. The molecule has 206 valence electrons. The molecule has 3 fully saturated rings. The molecule has 0 radical (unpaired) electrons. The Morgan fingerprint density at radius 3 is 2.69 bits per heavy atom. The lowest BCUT2D eigenvalue weighted by molar-refractivity contribution is -0.150. The Bertz CT molecular complexity index is 1500. The molecule has 0 unspecified atom stereocenters. The highest BCUT2D eigenvalue weighted by atomic mass is 32.2. The minimum atomic E-state index is -0.392. The van der Waals surface area contributed by atoms with Gasteiger partial charge in [-0.3, -0.25) is 4.79 Å². The predicted molar refractivity (Wildman–Crippen MR) is 156 cm³/mol. The van der Waals surface area contributed by atoms with Crippen LogP contribution < -0.4 is 0 Å². The van der Waals surface area contributed by atoms with Gasteiger partial charge in [-0.2, -0.15) is 11.8 Å². The molecule has 4 aromatic heterocycles. The number of fused-ring (bicyclic) bond motifs is 6. The zero-order valence-corrected chi connectivity index (χ0v) is 23.2. The number of H-pyrrole nitrogens is 2. The van der Waals surface area contributed by atoms with Crippen LogP contribution in [-0.4, -0.2) is 49.5 Å². The van der Waals surface area contributed by atoms with E-state index in [9.17, 15) is 9.18 Å². The first-order valence-corrected chi connectivity index (χ1v) is 15.1. The van der Waals surface area contributed by atoms with Crippen molar-refractivity contribution in [2.45, 2.75) is 51.9 Å². The molecular formula is C30H36FN5O2S. The third kappa shape index (κ3) is 6.27. The minimum absolute atomic E-state index is 0. The summed E-state index contributed by atoms with van der Waals surface area (Å²) in [4.78, 5) is 30.9. The van der Waals surface area contributed by atoms with Crippen molar-refractivity contribution in [3.8, 4) is 23.2 Å². The van der Waals surface area contributed by atoms with Crippen molar-refractivity contribution in [2.75, 3.05) is 18.6 Å². The van der Waals surface area contributed by atoms with E-state index < -0.39 is 5.82 Å². The molecule has 4 heterocycles. The first-order chi connectivity index (χ1) is 19.1. The highest BCUT2D eigenvalue weighted by Gasteiger charge is 2.36. The van der Waals surface area contributed by atoms with Crippen LogP contribution in [0.1, 0.15) is 58.9 Å². The topological polar surface area (TPSA) is 96.6 Å². The van der Waals surface area contributed by atoms with Gasteiger partial charge in [0, 0.05) is 43.1 Å². The lowest BCUT2D eigenvalue weighted by atomic mass is 9.80. The van der Waals surface area contributed by atoms with Crippen molar-refractivity contribution in [3.05, 3.63) is 42.2 Å². The van der Waals surface area contributed by atoms with Crippen molar-refractivity contribution in [3.63, 3.8) is 0 Å². The summed E-state index contributed by atoms with van der Waals surface area (Å²) in [5.41, 5.74) is 2.91. The number of carbonyl (C=O) groups is 1. The molecule has 39 heavy (non-hydrogen) atoms. The second kappa shape index (κ2) is 12.6. The van der Waals surface area contributed by atoms with Crippen LogP contribution in [-0.2, 0) is 9.53 Å². The standard InChI is InChI=1S/C18H14FN5S.C12H20O2.H2/c1-25-5-3-2-4-11-7-20-17-14(11)9-23-18(24-17)15-10-22-16-13(15)6-12(19)8-21-16;1-2-14-12(13)11-8-5-9-3-6-10(11)7-4-9;/h6-10H,3,5H2,1H3,(H,21,22)(H,20,23,24);9-11H,2-8H2,1H3;1H/t;9?,10?,11-;/m.1./s1. The van der Waals surface area contributed by atoms with Crippen molar-refractivity contribution in [1.29, 1.82) is 0 Å². The number of hydrogen-bond acceptors (Lipinski definition) is 6. The second-order valence-electron chi connectivity index (χ2n) is 10.2. The number of ether oxygens (including phenoxy) is 1. The maximum absolute atomic E-state index is 13.5. The molecule has 0 spiro atoms. The quantitative estimate of drug-likeness (QED) is 0.162. The molecule has 9 heteroatoms. The molecule has 3 aliphatic rings. The summed E-state index contributed by atoms with van der Waals surface area (Å²) in [5.74, 6) is 9.27.